The highest BCUT2D eigenvalue weighted by Gasteiger charge is 2.11. The Morgan fingerprint density at radius 2 is 2.32 bits per heavy atom. The van der Waals surface area contributed by atoms with Gasteiger partial charge in [-0.1, -0.05) is 18.7 Å². The summed E-state index contributed by atoms with van der Waals surface area (Å²) >= 11 is 1.29. The zero-order chi connectivity index (χ0) is 14.1. The van der Waals surface area contributed by atoms with E-state index in [0.29, 0.717) is 18.3 Å². The normalized spacial score (nSPS) is 10.6. The fourth-order valence-electron chi connectivity index (χ4n) is 1.43. The number of nitrogens with two attached hydrogens (primary N) is 1. The van der Waals surface area contributed by atoms with Gasteiger partial charge in [-0.15, -0.1) is 10.2 Å². The van der Waals surface area contributed by atoms with Crippen molar-refractivity contribution in [3.63, 3.8) is 0 Å². The van der Waals surface area contributed by atoms with Crippen molar-refractivity contribution in [3.05, 3.63) is 5.82 Å². The van der Waals surface area contributed by atoms with Crippen LogP contribution in [-0.2, 0) is 16.0 Å². The van der Waals surface area contributed by atoms with Crippen molar-refractivity contribution in [2.24, 2.45) is 0 Å². The number of carbonyl (C=O) groups excluding carboxylic acids is 1. The van der Waals surface area contributed by atoms with Crippen LogP contribution < -0.4 is 11.2 Å². The highest BCUT2D eigenvalue weighted by atomic mass is 32.2. The molecule has 0 aliphatic rings. The number of hydrogen-bond donors (Lipinski definition) is 2. The van der Waals surface area contributed by atoms with Crippen LogP contribution in [0, 0.1) is 0 Å². The van der Waals surface area contributed by atoms with E-state index in [9.17, 15) is 4.79 Å². The monoisotopic (exact) mass is 287 g/mol. The van der Waals surface area contributed by atoms with E-state index < -0.39 is 0 Å². The molecule has 1 aromatic rings. The second kappa shape index (κ2) is 8.76. The molecule has 0 bridgehead atoms. The molecule has 1 rings (SSSR count). The second-order valence-electron chi connectivity index (χ2n) is 4.00. The van der Waals surface area contributed by atoms with Crippen LogP contribution in [-0.4, -0.2) is 46.8 Å². The lowest BCUT2D eigenvalue weighted by atomic mass is 10.3. The van der Waals surface area contributed by atoms with E-state index in [1.807, 2.05) is 0 Å². The predicted octanol–water partition coefficient (Wildman–Crippen LogP) is 0.189. The summed E-state index contributed by atoms with van der Waals surface area (Å²) in [6, 6.07) is 0. The van der Waals surface area contributed by atoms with Crippen LogP contribution in [0.4, 0.5) is 0 Å². The Morgan fingerprint density at radius 3 is 3.00 bits per heavy atom. The molecule has 1 heterocycles. The van der Waals surface area contributed by atoms with Gasteiger partial charge in [0.25, 0.3) is 0 Å². The zero-order valence-electron chi connectivity index (χ0n) is 11.4. The van der Waals surface area contributed by atoms with Gasteiger partial charge in [-0.3, -0.25) is 4.79 Å². The lowest BCUT2D eigenvalue weighted by Gasteiger charge is -2.05. The van der Waals surface area contributed by atoms with E-state index in [4.69, 9.17) is 10.6 Å². The quantitative estimate of drug-likeness (QED) is 0.382. The average molecular weight is 287 g/mol. The molecule has 0 saturated heterocycles. The van der Waals surface area contributed by atoms with Crippen molar-refractivity contribution in [1.29, 1.82) is 0 Å². The van der Waals surface area contributed by atoms with Crippen LogP contribution in [0.3, 0.4) is 0 Å². The number of methoxy groups -OCH3 is 1. The topological polar surface area (TPSA) is 95.1 Å². The summed E-state index contributed by atoms with van der Waals surface area (Å²) in [6.07, 6.45) is 2.55. The van der Waals surface area contributed by atoms with Gasteiger partial charge in [-0.05, 0) is 12.8 Å². The maximum Gasteiger partial charge on any atom is 0.230 e. The van der Waals surface area contributed by atoms with Crippen molar-refractivity contribution < 1.29 is 9.53 Å². The smallest absolute Gasteiger partial charge is 0.230 e. The number of thioether (sulfide) groups is 1. The molecule has 0 saturated carbocycles. The molecule has 0 fully saturated rings. The lowest BCUT2D eigenvalue weighted by molar-refractivity contribution is -0.118. The maximum atomic E-state index is 11.6. The van der Waals surface area contributed by atoms with Crippen molar-refractivity contribution in [2.45, 2.75) is 31.3 Å². The Kier molecular flexibility index (Phi) is 7.27. The van der Waals surface area contributed by atoms with Gasteiger partial charge in [0.15, 0.2) is 5.82 Å². The molecule has 1 aromatic heterocycles. The van der Waals surface area contributed by atoms with Crippen molar-refractivity contribution in [2.75, 3.05) is 31.9 Å². The lowest BCUT2D eigenvalue weighted by Crippen LogP contribution is -2.27. The number of hydrogen-bond acceptors (Lipinski definition) is 6. The number of nitrogen functional groups attached to an aromatic ring is 1. The van der Waals surface area contributed by atoms with Gasteiger partial charge >= 0.3 is 0 Å². The van der Waals surface area contributed by atoms with E-state index in [-0.39, 0.29) is 11.7 Å². The third-order valence-corrected chi connectivity index (χ3v) is 3.33. The van der Waals surface area contributed by atoms with Gasteiger partial charge in [0.2, 0.25) is 11.1 Å². The minimum atomic E-state index is -0.0406. The van der Waals surface area contributed by atoms with Crippen molar-refractivity contribution in [3.8, 4) is 0 Å². The molecule has 0 atom stereocenters. The fraction of sp³-hybridized carbons (Fsp3) is 0.727. The van der Waals surface area contributed by atoms with Crippen LogP contribution in [0.15, 0.2) is 5.16 Å². The highest BCUT2D eigenvalue weighted by molar-refractivity contribution is 7.99. The Morgan fingerprint density at radius 1 is 1.53 bits per heavy atom. The first kappa shape index (κ1) is 15.8. The SMILES string of the molecule is CCCc1nnc(SCC(=O)NCCCOC)n1N. The predicted molar refractivity (Wildman–Crippen MR) is 74.4 cm³/mol. The molecular weight excluding hydrogens is 266 g/mol. The Labute approximate surface area is 117 Å². The van der Waals surface area contributed by atoms with Crippen LogP contribution in [0.5, 0.6) is 0 Å². The van der Waals surface area contributed by atoms with Crippen LogP contribution in [0.1, 0.15) is 25.6 Å². The number of aryl methyl sites for hydroxylation is 1. The summed E-state index contributed by atoms with van der Waals surface area (Å²) in [4.78, 5) is 11.6. The van der Waals surface area contributed by atoms with E-state index >= 15 is 0 Å². The van der Waals surface area contributed by atoms with Crippen LogP contribution >= 0.6 is 11.8 Å². The number of rotatable bonds is 9. The first-order valence-corrected chi connectivity index (χ1v) is 7.25. The second-order valence-corrected chi connectivity index (χ2v) is 4.95. The summed E-state index contributed by atoms with van der Waals surface area (Å²) in [5, 5.41) is 11.3. The molecule has 0 unspecified atom stereocenters. The fourth-order valence-corrected chi connectivity index (χ4v) is 2.13. The average Bonchev–Trinajstić information content (AvgIpc) is 2.74. The summed E-state index contributed by atoms with van der Waals surface area (Å²) in [5.74, 6) is 6.82. The molecule has 8 heteroatoms. The molecule has 7 nitrogen and oxygen atoms in total. The number of nitrogens with one attached hydrogen (secondary N) is 1. The minimum absolute atomic E-state index is 0.0406. The summed E-state index contributed by atoms with van der Waals surface area (Å²) in [5.41, 5.74) is 0. The number of amides is 1. The molecule has 0 aliphatic carbocycles. The van der Waals surface area contributed by atoms with Gasteiger partial charge in [0, 0.05) is 26.7 Å². The van der Waals surface area contributed by atoms with E-state index in [2.05, 4.69) is 22.4 Å². The van der Waals surface area contributed by atoms with Crippen molar-refractivity contribution >= 4 is 17.7 Å². The summed E-state index contributed by atoms with van der Waals surface area (Å²) in [7, 11) is 1.64. The molecule has 0 spiro atoms. The standard InChI is InChI=1S/C11H21N5O2S/c1-3-5-9-14-15-11(16(9)12)19-8-10(17)13-6-4-7-18-2/h3-8,12H2,1-2H3,(H,13,17). The van der Waals surface area contributed by atoms with E-state index in [1.54, 1.807) is 7.11 Å². The summed E-state index contributed by atoms with van der Waals surface area (Å²) in [6.45, 7) is 3.31. The van der Waals surface area contributed by atoms with Gasteiger partial charge in [-0.2, -0.15) is 0 Å². The number of aromatic nitrogens is 3. The molecule has 3 N–H and O–H groups in total. The van der Waals surface area contributed by atoms with Gasteiger partial charge in [0.1, 0.15) is 0 Å². The number of ether oxygens (including phenoxy) is 1. The van der Waals surface area contributed by atoms with Gasteiger partial charge in [0.05, 0.1) is 5.75 Å². The van der Waals surface area contributed by atoms with E-state index in [0.717, 1.165) is 25.1 Å². The van der Waals surface area contributed by atoms with Crippen LogP contribution in [0.25, 0.3) is 0 Å². The molecule has 0 radical (unpaired) electrons. The molecule has 108 valence electrons. The Bertz CT molecular complexity index is 396. The number of carbonyl (C=O) groups is 1. The molecule has 19 heavy (non-hydrogen) atoms. The van der Waals surface area contributed by atoms with Crippen LogP contribution in [0.2, 0.25) is 0 Å². The first-order valence-electron chi connectivity index (χ1n) is 6.26. The van der Waals surface area contributed by atoms with Gasteiger partial charge < -0.3 is 15.9 Å². The molecule has 0 aromatic carbocycles. The zero-order valence-corrected chi connectivity index (χ0v) is 12.2. The molecule has 0 aliphatic heterocycles. The number of nitrogens with zero attached hydrogens (tertiary/aromatic N) is 3. The maximum absolute atomic E-state index is 11.6. The minimum Gasteiger partial charge on any atom is -0.385 e. The Hall–Kier alpha value is -1.28. The third-order valence-electron chi connectivity index (χ3n) is 2.39. The first-order chi connectivity index (χ1) is 9.19. The Balaban J connectivity index is 2.30. The van der Waals surface area contributed by atoms with Crippen molar-refractivity contribution in [1.82, 2.24) is 20.2 Å². The van der Waals surface area contributed by atoms with Gasteiger partial charge in [-0.25, -0.2) is 4.68 Å². The summed E-state index contributed by atoms with van der Waals surface area (Å²) < 4.78 is 6.35. The largest absolute Gasteiger partial charge is 0.385 e. The molecule has 1 amide bonds. The van der Waals surface area contributed by atoms with E-state index in [1.165, 1.54) is 16.4 Å². The third kappa shape index (κ3) is 5.48. The molecular formula is C11H21N5O2S. The highest BCUT2D eigenvalue weighted by Crippen LogP contribution is 2.14.